The topological polar surface area (TPSA) is 54.5 Å². The van der Waals surface area contributed by atoms with E-state index in [1.165, 1.54) is 4.31 Å². The smallest absolute Gasteiger partial charge is 0.263 e. The van der Waals surface area contributed by atoms with Crippen LogP contribution in [-0.2, 0) is 14.6 Å². The fraction of sp³-hybridized carbons (Fsp3) is 0.267. The summed E-state index contributed by atoms with van der Waals surface area (Å²) in [6.45, 7) is 4.41. The Morgan fingerprint density at radius 1 is 0.917 bits per heavy atom. The van der Waals surface area contributed by atoms with Gasteiger partial charge in [0.25, 0.3) is 10.0 Å². The Hall–Kier alpha value is -2.88. The molecule has 0 radical (unpaired) electrons. The Kier molecular flexibility index (Phi) is 8.33. The minimum absolute atomic E-state index is 0.122. The van der Waals surface area contributed by atoms with Crippen LogP contribution in [0, 0.1) is 12.8 Å². The maximum atomic E-state index is 14.7. The number of hydrogen-bond donors (Lipinski definition) is 0. The SMILES string of the molecule is CCCC/C=C/C1CN(S(=O)(=O)c2ccc(C)cc2)C=C1CP(=O)(c1ccccc1)c1ccccc1. The van der Waals surface area contributed by atoms with Gasteiger partial charge in [0.2, 0.25) is 0 Å². The first-order valence-corrected chi connectivity index (χ1v) is 15.8. The van der Waals surface area contributed by atoms with E-state index in [0.717, 1.165) is 41.0 Å². The zero-order chi connectivity index (χ0) is 25.6. The van der Waals surface area contributed by atoms with Crippen LogP contribution in [0.5, 0.6) is 0 Å². The second-order valence-electron chi connectivity index (χ2n) is 9.34. The van der Waals surface area contributed by atoms with E-state index in [1.807, 2.05) is 79.7 Å². The third-order valence-corrected chi connectivity index (χ3v) is 11.4. The van der Waals surface area contributed by atoms with Crippen molar-refractivity contribution >= 4 is 27.8 Å². The third kappa shape index (κ3) is 5.74. The first-order chi connectivity index (χ1) is 17.3. The lowest BCUT2D eigenvalue weighted by atomic mass is 10.0. The van der Waals surface area contributed by atoms with Gasteiger partial charge in [-0.05, 0) is 31.1 Å². The number of sulfonamides is 1. The van der Waals surface area contributed by atoms with Crippen LogP contribution in [0.25, 0.3) is 0 Å². The van der Waals surface area contributed by atoms with Crippen LogP contribution in [0.3, 0.4) is 0 Å². The predicted molar refractivity (Wildman–Crippen MR) is 150 cm³/mol. The highest BCUT2D eigenvalue weighted by atomic mass is 32.2. The van der Waals surface area contributed by atoms with Crippen molar-refractivity contribution in [3.63, 3.8) is 0 Å². The van der Waals surface area contributed by atoms with Gasteiger partial charge < -0.3 is 4.57 Å². The van der Waals surface area contributed by atoms with Crippen molar-refractivity contribution in [1.29, 1.82) is 0 Å². The van der Waals surface area contributed by atoms with E-state index in [9.17, 15) is 13.0 Å². The van der Waals surface area contributed by atoms with Crippen molar-refractivity contribution in [3.05, 3.63) is 114 Å². The van der Waals surface area contributed by atoms with Crippen molar-refractivity contribution < 1.29 is 13.0 Å². The first kappa shape index (κ1) is 26.2. The van der Waals surface area contributed by atoms with E-state index in [-0.39, 0.29) is 10.8 Å². The van der Waals surface area contributed by atoms with E-state index in [1.54, 1.807) is 18.3 Å². The highest BCUT2D eigenvalue weighted by Crippen LogP contribution is 2.47. The minimum Gasteiger partial charge on any atom is -0.313 e. The molecule has 1 atom stereocenters. The lowest BCUT2D eigenvalue weighted by molar-refractivity contribution is 0.500. The monoisotopic (exact) mass is 519 g/mol. The van der Waals surface area contributed by atoms with Crippen molar-refractivity contribution in [2.75, 3.05) is 12.7 Å². The average molecular weight is 520 g/mol. The predicted octanol–water partition coefficient (Wildman–Crippen LogP) is 6.26. The van der Waals surface area contributed by atoms with Gasteiger partial charge in [-0.15, -0.1) is 0 Å². The summed E-state index contributed by atoms with van der Waals surface area (Å²) in [4.78, 5) is 0.272. The maximum absolute atomic E-state index is 14.7. The highest BCUT2D eigenvalue weighted by molar-refractivity contribution is 7.89. The summed E-state index contributed by atoms with van der Waals surface area (Å²) in [5.74, 6) is -0.122. The molecule has 0 fully saturated rings. The van der Waals surface area contributed by atoms with Gasteiger partial charge in [-0.25, -0.2) is 8.42 Å². The molecule has 0 saturated carbocycles. The summed E-state index contributed by atoms with van der Waals surface area (Å²) < 4.78 is 43.2. The Labute approximate surface area is 215 Å². The normalized spacial score (nSPS) is 16.4. The van der Waals surface area contributed by atoms with Gasteiger partial charge in [-0.3, -0.25) is 4.31 Å². The summed E-state index contributed by atoms with van der Waals surface area (Å²) in [6.07, 6.45) is 9.39. The molecule has 0 saturated heterocycles. The molecule has 3 aromatic rings. The summed E-state index contributed by atoms with van der Waals surface area (Å²) in [7, 11) is -6.74. The zero-order valence-corrected chi connectivity index (χ0v) is 22.7. The molecule has 4 rings (SSSR count). The van der Waals surface area contributed by atoms with Crippen LogP contribution in [0.4, 0.5) is 0 Å². The molecule has 0 bridgehead atoms. The van der Waals surface area contributed by atoms with E-state index in [0.29, 0.717) is 12.7 Å². The third-order valence-electron chi connectivity index (χ3n) is 6.63. The minimum atomic E-state index is -3.71. The molecular formula is C30H34NO3PS. The molecule has 0 aromatic heterocycles. The summed E-state index contributed by atoms with van der Waals surface area (Å²) in [5.41, 5.74) is 1.89. The van der Waals surface area contributed by atoms with Crippen LogP contribution in [0.15, 0.2) is 114 Å². The van der Waals surface area contributed by atoms with E-state index in [2.05, 4.69) is 19.1 Å². The molecule has 1 aliphatic rings. The van der Waals surface area contributed by atoms with Crippen LogP contribution < -0.4 is 10.6 Å². The lowest BCUT2D eigenvalue weighted by Gasteiger charge is -2.21. The molecule has 1 heterocycles. The molecule has 0 spiro atoms. The second-order valence-corrected chi connectivity index (χ2v) is 14.1. The molecule has 4 nitrogen and oxygen atoms in total. The first-order valence-electron chi connectivity index (χ1n) is 12.5. The standard InChI is InChI=1S/C30H34NO3PS/c1-3-4-5-8-13-26-22-31(36(33,34)30-20-18-25(2)19-21-30)23-27(26)24-35(32,28-14-9-6-10-15-28)29-16-11-7-12-17-29/h6-21,23,26H,3-5,22,24H2,1-2H3/b13-8+. The Morgan fingerprint density at radius 2 is 1.50 bits per heavy atom. The molecule has 0 aliphatic carbocycles. The lowest BCUT2D eigenvalue weighted by Crippen LogP contribution is -2.26. The van der Waals surface area contributed by atoms with Gasteiger partial charge in [0.1, 0.15) is 7.14 Å². The van der Waals surface area contributed by atoms with Crippen molar-refractivity contribution in [1.82, 2.24) is 4.31 Å². The van der Waals surface area contributed by atoms with Crippen LogP contribution in [0.2, 0.25) is 0 Å². The Balaban J connectivity index is 1.74. The molecule has 3 aromatic carbocycles. The fourth-order valence-corrected chi connectivity index (χ4v) is 8.69. The van der Waals surface area contributed by atoms with Crippen molar-refractivity contribution in [2.24, 2.45) is 5.92 Å². The number of allylic oxidation sites excluding steroid dienone is 1. The van der Waals surface area contributed by atoms with Gasteiger partial charge in [-0.2, -0.15) is 0 Å². The fourth-order valence-electron chi connectivity index (χ4n) is 4.51. The highest BCUT2D eigenvalue weighted by Gasteiger charge is 2.36. The number of unbranched alkanes of at least 4 members (excludes halogenated alkanes) is 2. The van der Waals surface area contributed by atoms with Gasteiger partial charge in [-0.1, -0.05) is 110 Å². The van der Waals surface area contributed by atoms with Crippen LogP contribution in [0.1, 0.15) is 31.7 Å². The van der Waals surface area contributed by atoms with E-state index < -0.39 is 17.2 Å². The summed E-state index contributed by atoms with van der Waals surface area (Å²) in [5, 5.41) is 1.57. The van der Waals surface area contributed by atoms with Crippen LogP contribution in [-0.4, -0.2) is 25.4 Å². The number of aryl methyl sites for hydroxylation is 1. The summed E-state index contributed by atoms with van der Waals surface area (Å²) in [6, 6.07) is 26.1. The Morgan fingerprint density at radius 3 is 2.06 bits per heavy atom. The van der Waals surface area contributed by atoms with Crippen molar-refractivity contribution in [3.8, 4) is 0 Å². The largest absolute Gasteiger partial charge is 0.313 e. The molecular weight excluding hydrogens is 485 g/mol. The number of benzene rings is 3. The van der Waals surface area contributed by atoms with Crippen molar-refractivity contribution in [2.45, 2.75) is 38.0 Å². The van der Waals surface area contributed by atoms with Gasteiger partial charge in [0.15, 0.2) is 0 Å². The van der Waals surface area contributed by atoms with Gasteiger partial charge >= 0.3 is 0 Å². The van der Waals surface area contributed by atoms with Gasteiger partial charge in [0, 0.05) is 35.4 Å². The molecule has 188 valence electrons. The second kappa shape index (κ2) is 11.5. The number of hydrogen-bond acceptors (Lipinski definition) is 3. The Bertz CT molecular complexity index is 1320. The molecule has 1 unspecified atom stereocenters. The summed E-state index contributed by atoms with van der Waals surface area (Å²) >= 11 is 0. The number of nitrogens with zero attached hydrogens (tertiary/aromatic N) is 1. The van der Waals surface area contributed by atoms with E-state index >= 15 is 0 Å². The van der Waals surface area contributed by atoms with Gasteiger partial charge in [0.05, 0.1) is 4.90 Å². The zero-order valence-electron chi connectivity index (χ0n) is 21.0. The quantitative estimate of drug-likeness (QED) is 0.181. The molecule has 0 amide bonds. The molecule has 0 N–H and O–H groups in total. The maximum Gasteiger partial charge on any atom is 0.263 e. The molecule has 36 heavy (non-hydrogen) atoms. The molecule has 1 aliphatic heterocycles. The average Bonchev–Trinajstić information content (AvgIpc) is 3.31. The van der Waals surface area contributed by atoms with E-state index in [4.69, 9.17) is 0 Å². The molecule has 6 heteroatoms. The van der Waals surface area contributed by atoms with Crippen LogP contribution >= 0.6 is 7.14 Å². The number of rotatable bonds is 10.